The number of nitrogens with zero attached hydrogens (tertiary/aromatic N) is 4. The van der Waals surface area contributed by atoms with Gasteiger partial charge in [-0.25, -0.2) is 9.50 Å². The molecule has 0 aliphatic heterocycles. The zero-order valence-electron chi connectivity index (χ0n) is 14.0. The first kappa shape index (κ1) is 17.7. The molecule has 0 atom stereocenters. The van der Waals surface area contributed by atoms with Crippen molar-refractivity contribution in [2.75, 3.05) is 26.0 Å². The molecule has 0 aromatic carbocycles. The Balaban J connectivity index is 2.05. The van der Waals surface area contributed by atoms with Crippen LogP contribution in [0.15, 0.2) is 5.16 Å². The second-order valence-corrected chi connectivity index (χ2v) is 5.92. The minimum atomic E-state index is -0.0148. The van der Waals surface area contributed by atoms with Crippen LogP contribution >= 0.6 is 11.8 Å². The lowest BCUT2D eigenvalue weighted by atomic mass is 10.1. The molecular weight excluding hydrogens is 314 g/mol. The maximum atomic E-state index is 12.1. The van der Waals surface area contributed by atoms with Gasteiger partial charge in [-0.1, -0.05) is 11.8 Å². The molecule has 0 unspecified atom stereocenters. The maximum absolute atomic E-state index is 12.1. The molecular formula is C15H23N5O2S. The number of carbonyl (C=O) groups excluding carboxylic acids is 1. The van der Waals surface area contributed by atoms with Crippen molar-refractivity contribution in [3.8, 4) is 0 Å². The summed E-state index contributed by atoms with van der Waals surface area (Å²) in [7, 11) is 0. The van der Waals surface area contributed by atoms with Crippen LogP contribution in [-0.4, -0.2) is 51.5 Å². The second-order valence-electron chi connectivity index (χ2n) is 5.15. The van der Waals surface area contributed by atoms with E-state index in [2.05, 4.69) is 20.4 Å². The van der Waals surface area contributed by atoms with Gasteiger partial charge in [-0.3, -0.25) is 4.79 Å². The van der Waals surface area contributed by atoms with Crippen molar-refractivity contribution in [1.82, 2.24) is 24.9 Å². The molecule has 7 nitrogen and oxygen atoms in total. The van der Waals surface area contributed by atoms with Gasteiger partial charge in [-0.05, 0) is 33.4 Å². The lowest BCUT2D eigenvalue weighted by molar-refractivity contribution is -0.120. The van der Waals surface area contributed by atoms with Crippen molar-refractivity contribution in [2.45, 2.75) is 38.8 Å². The predicted molar refractivity (Wildman–Crippen MR) is 89.9 cm³/mol. The van der Waals surface area contributed by atoms with Crippen LogP contribution in [0.2, 0.25) is 0 Å². The number of hydrogen-bond acceptors (Lipinski definition) is 6. The van der Waals surface area contributed by atoms with E-state index in [0.29, 0.717) is 37.1 Å². The summed E-state index contributed by atoms with van der Waals surface area (Å²) >= 11 is 1.47. The molecule has 0 bridgehead atoms. The van der Waals surface area contributed by atoms with Crippen molar-refractivity contribution in [3.63, 3.8) is 0 Å². The normalized spacial score (nSPS) is 11.1. The van der Waals surface area contributed by atoms with E-state index in [0.717, 1.165) is 23.4 Å². The Morgan fingerprint density at radius 1 is 1.35 bits per heavy atom. The highest BCUT2D eigenvalue weighted by Gasteiger charge is 2.15. The van der Waals surface area contributed by atoms with E-state index in [9.17, 15) is 4.79 Å². The molecule has 0 saturated carbocycles. The molecule has 23 heavy (non-hydrogen) atoms. The van der Waals surface area contributed by atoms with Gasteiger partial charge in [0.1, 0.15) is 0 Å². The fourth-order valence-corrected chi connectivity index (χ4v) is 2.64. The van der Waals surface area contributed by atoms with Crippen LogP contribution in [-0.2, 0) is 16.0 Å². The maximum Gasteiger partial charge on any atom is 0.253 e. The number of thioether (sulfide) groups is 1. The highest BCUT2D eigenvalue weighted by molar-refractivity contribution is 7.98. The van der Waals surface area contributed by atoms with E-state index in [1.54, 1.807) is 4.52 Å². The van der Waals surface area contributed by atoms with Crippen molar-refractivity contribution >= 4 is 23.4 Å². The van der Waals surface area contributed by atoms with Crippen LogP contribution < -0.4 is 5.32 Å². The molecule has 0 radical (unpaired) electrons. The summed E-state index contributed by atoms with van der Waals surface area (Å²) in [6.45, 7) is 7.79. The number of aromatic nitrogens is 4. The third-order valence-electron chi connectivity index (χ3n) is 3.54. The molecule has 2 heterocycles. The monoisotopic (exact) mass is 337 g/mol. The second kappa shape index (κ2) is 8.26. The summed E-state index contributed by atoms with van der Waals surface area (Å²) in [6, 6.07) is 0. The molecule has 2 aromatic heterocycles. The first-order valence-electron chi connectivity index (χ1n) is 7.68. The number of amides is 1. The summed E-state index contributed by atoms with van der Waals surface area (Å²) < 4.78 is 6.96. The number of rotatable bonds is 8. The van der Waals surface area contributed by atoms with Gasteiger partial charge in [0.15, 0.2) is 0 Å². The molecule has 2 aromatic rings. The summed E-state index contributed by atoms with van der Waals surface area (Å²) in [4.78, 5) is 20.9. The largest absolute Gasteiger partial charge is 0.382 e. The Kier molecular flexibility index (Phi) is 6.35. The highest BCUT2D eigenvalue weighted by atomic mass is 32.2. The minimum Gasteiger partial charge on any atom is -0.382 e. The Bertz CT molecular complexity index is 686. The quantitative estimate of drug-likeness (QED) is 0.581. The molecule has 2 rings (SSSR count). The highest BCUT2D eigenvalue weighted by Crippen LogP contribution is 2.17. The van der Waals surface area contributed by atoms with Crippen molar-refractivity contribution < 1.29 is 9.53 Å². The molecule has 0 aliphatic carbocycles. The standard InChI is InChI=1S/C15H23N5O2S/c1-5-22-8-6-7-16-13(21)9-12-10(2)17-14-18-15(23-4)19-20(14)11(12)3/h5-9H2,1-4H3,(H,16,21). The smallest absolute Gasteiger partial charge is 0.253 e. The van der Waals surface area contributed by atoms with E-state index in [-0.39, 0.29) is 5.91 Å². The lowest BCUT2D eigenvalue weighted by Gasteiger charge is -2.10. The van der Waals surface area contributed by atoms with Crippen LogP contribution in [0, 0.1) is 13.8 Å². The third-order valence-corrected chi connectivity index (χ3v) is 4.08. The molecule has 0 spiro atoms. The number of ether oxygens (including phenoxy) is 1. The van der Waals surface area contributed by atoms with Gasteiger partial charge in [0.05, 0.1) is 6.42 Å². The summed E-state index contributed by atoms with van der Waals surface area (Å²) in [5, 5.41) is 7.98. The fourth-order valence-electron chi connectivity index (χ4n) is 2.30. The zero-order chi connectivity index (χ0) is 16.8. The molecule has 1 N–H and O–H groups in total. The van der Waals surface area contributed by atoms with Crippen molar-refractivity contribution in [3.05, 3.63) is 17.0 Å². The van der Waals surface area contributed by atoms with E-state index >= 15 is 0 Å². The fraction of sp³-hybridized carbons (Fsp3) is 0.600. The van der Waals surface area contributed by atoms with Gasteiger partial charge in [0.25, 0.3) is 5.78 Å². The molecule has 0 fully saturated rings. The number of fused-ring (bicyclic) bond motifs is 1. The van der Waals surface area contributed by atoms with E-state index in [1.165, 1.54) is 11.8 Å². The number of hydrogen-bond donors (Lipinski definition) is 1. The SMILES string of the molecule is CCOCCCNC(=O)Cc1c(C)nc2nc(SC)nn2c1C. The number of carbonyl (C=O) groups is 1. The Labute approximate surface area is 140 Å². The van der Waals surface area contributed by atoms with Gasteiger partial charge in [-0.2, -0.15) is 4.98 Å². The Hall–Kier alpha value is -1.67. The molecule has 126 valence electrons. The average Bonchev–Trinajstić information content (AvgIpc) is 2.94. The topological polar surface area (TPSA) is 81.4 Å². The third kappa shape index (κ3) is 4.42. The Morgan fingerprint density at radius 2 is 2.13 bits per heavy atom. The van der Waals surface area contributed by atoms with E-state index in [4.69, 9.17) is 4.74 Å². The summed E-state index contributed by atoms with van der Waals surface area (Å²) in [6.07, 6.45) is 3.03. The van der Waals surface area contributed by atoms with Gasteiger partial charge in [0, 0.05) is 36.7 Å². The van der Waals surface area contributed by atoms with Gasteiger partial charge < -0.3 is 10.1 Å². The number of nitrogens with one attached hydrogen (secondary N) is 1. The predicted octanol–water partition coefficient (Wildman–Crippen LogP) is 1.55. The van der Waals surface area contributed by atoms with Gasteiger partial charge >= 0.3 is 0 Å². The van der Waals surface area contributed by atoms with Crippen LogP contribution in [0.4, 0.5) is 0 Å². The average molecular weight is 337 g/mol. The molecule has 0 saturated heterocycles. The van der Waals surface area contributed by atoms with Crippen LogP contribution in [0.3, 0.4) is 0 Å². The summed E-state index contributed by atoms with van der Waals surface area (Å²) in [5.74, 6) is 0.560. The van der Waals surface area contributed by atoms with Crippen molar-refractivity contribution in [2.24, 2.45) is 0 Å². The van der Waals surface area contributed by atoms with Crippen LogP contribution in [0.1, 0.15) is 30.3 Å². The lowest BCUT2D eigenvalue weighted by Crippen LogP contribution is -2.28. The first-order valence-corrected chi connectivity index (χ1v) is 8.90. The van der Waals surface area contributed by atoms with E-state index in [1.807, 2.05) is 27.0 Å². The zero-order valence-corrected chi connectivity index (χ0v) is 14.9. The molecule has 0 aliphatic rings. The molecule has 1 amide bonds. The van der Waals surface area contributed by atoms with E-state index < -0.39 is 0 Å². The summed E-state index contributed by atoms with van der Waals surface area (Å²) in [5.41, 5.74) is 2.63. The Morgan fingerprint density at radius 3 is 2.83 bits per heavy atom. The van der Waals surface area contributed by atoms with Crippen LogP contribution in [0.5, 0.6) is 0 Å². The van der Waals surface area contributed by atoms with Crippen LogP contribution in [0.25, 0.3) is 5.78 Å². The van der Waals surface area contributed by atoms with Gasteiger partial charge in [0.2, 0.25) is 11.1 Å². The number of aryl methyl sites for hydroxylation is 2. The van der Waals surface area contributed by atoms with Gasteiger partial charge in [-0.15, -0.1) is 5.10 Å². The first-order chi connectivity index (χ1) is 11.1. The minimum absolute atomic E-state index is 0.0148. The molecule has 8 heteroatoms. The van der Waals surface area contributed by atoms with Crippen molar-refractivity contribution in [1.29, 1.82) is 0 Å².